The summed E-state index contributed by atoms with van der Waals surface area (Å²) in [6.45, 7) is 15.4. The molecule has 0 unspecified atom stereocenters. The van der Waals surface area contributed by atoms with Crippen molar-refractivity contribution in [1.29, 1.82) is 0 Å². The van der Waals surface area contributed by atoms with Gasteiger partial charge in [-0.2, -0.15) is 0 Å². The van der Waals surface area contributed by atoms with Crippen LogP contribution in [-0.2, 0) is 18.7 Å². The van der Waals surface area contributed by atoms with E-state index in [1.165, 1.54) is 13.5 Å². The minimum absolute atomic E-state index is 0.0202. The lowest BCUT2D eigenvalue weighted by Crippen LogP contribution is -2.43. The van der Waals surface area contributed by atoms with Gasteiger partial charge in [0.15, 0.2) is 8.32 Å². The van der Waals surface area contributed by atoms with Crippen molar-refractivity contribution in [2.24, 2.45) is 0 Å². The highest BCUT2D eigenvalue weighted by Gasteiger charge is 2.38. The fraction of sp³-hybridized carbons (Fsp3) is 0.750. The summed E-state index contributed by atoms with van der Waals surface area (Å²) >= 11 is 5.60. The highest BCUT2D eigenvalue weighted by Crippen LogP contribution is 2.38. The molecule has 1 fully saturated rings. The van der Waals surface area contributed by atoms with E-state index in [0.29, 0.717) is 18.0 Å². The van der Waals surface area contributed by atoms with Crippen LogP contribution in [-0.4, -0.2) is 68.0 Å². The van der Waals surface area contributed by atoms with Gasteiger partial charge in [-0.25, -0.2) is 0 Å². The van der Waals surface area contributed by atoms with Gasteiger partial charge in [0.2, 0.25) is 0 Å². The van der Waals surface area contributed by atoms with E-state index in [1.54, 1.807) is 0 Å². The second-order valence-electron chi connectivity index (χ2n) is 12.3. The van der Waals surface area contributed by atoms with Gasteiger partial charge in [0.25, 0.3) is 5.17 Å². The Hall–Kier alpha value is -1.48. The number of likely N-dealkylation sites (tertiary alicyclic amines) is 1. The van der Waals surface area contributed by atoms with Crippen molar-refractivity contribution < 1.29 is 23.8 Å². The molecule has 0 saturated carbocycles. The Morgan fingerprint density at radius 2 is 1.73 bits per heavy atom. The van der Waals surface area contributed by atoms with Crippen LogP contribution in [0.5, 0.6) is 0 Å². The Kier molecular flexibility index (Phi) is 17.9. The van der Waals surface area contributed by atoms with E-state index in [2.05, 4.69) is 80.8 Å². The van der Waals surface area contributed by atoms with Crippen LogP contribution >= 0.6 is 12.2 Å². The number of carbonyl (C=O) groups is 1. The molecule has 1 aliphatic rings. The molecule has 1 aliphatic heterocycles. The summed E-state index contributed by atoms with van der Waals surface area (Å²) in [5, 5.41) is 11.8. The Labute approximate surface area is 251 Å². The summed E-state index contributed by atoms with van der Waals surface area (Å²) in [4.78, 5) is 13.3. The first-order valence-electron chi connectivity index (χ1n) is 15.3. The fourth-order valence-corrected chi connectivity index (χ4v) is 5.77. The van der Waals surface area contributed by atoms with E-state index < -0.39 is 20.5 Å². The number of hydrogen-bond donors (Lipinski definition) is 1. The van der Waals surface area contributed by atoms with Crippen LogP contribution in [0.4, 0.5) is 0 Å². The van der Waals surface area contributed by atoms with Crippen LogP contribution in [0.1, 0.15) is 98.3 Å². The third kappa shape index (κ3) is 14.9. The molecule has 1 rings (SSSR count). The van der Waals surface area contributed by atoms with Crippen molar-refractivity contribution in [3.8, 4) is 0 Å². The zero-order valence-corrected chi connectivity index (χ0v) is 28.1. The number of nitrogens with zero attached hydrogens (tertiary/aromatic N) is 1. The van der Waals surface area contributed by atoms with Gasteiger partial charge in [-0.1, -0.05) is 83.4 Å². The lowest BCUT2D eigenvalue weighted by Gasteiger charge is -2.38. The number of aliphatic hydroxyl groups is 1. The summed E-state index contributed by atoms with van der Waals surface area (Å²) < 4.78 is 17.6. The Balaban J connectivity index is 2.84. The first-order valence-corrected chi connectivity index (χ1v) is 18.6. The maximum absolute atomic E-state index is 11.2. The third-order valence-corrected chi connectivity index (χ3v) is 12.7. The van der Waals surface area contributed by atoms with Gasteiger partial charge < -0.3 is 23.9 Å². The third-order valence-electron chi connectivity index (χ3n) is 7.82. The van der Waals surface area contributed by atoms with Gasteiger partial charge >= 0.3 is 5.97 Å². The second-order valence-corrected chi connectivity index (χ2v) is 17.4. The Morgan fingerprint density at radius 1 is 1.05 bits per heavy atom. The molecule has 6 nitrogen and oxygen atoms in total. The normalized spacial score (nSPS) is 17.1. The zero-order chi connectivity index (χ0) is 30.0. The predicted octanol–water partition coefficient (Wildman–Crippen LogP) is 7.88. The van der Waals surface area contributed by atoms with E-state index in [9.17, 15) is 9.90 Å². The van der Waals surface area contributed by atoms with Crippen molar-refractivity contribution in [1.82, 2.24) is 4.90 Å². The van der Waals surface area contributed by atoms with Gasteiger partial charge in [0, 0.05) is 25.9 Å². The van der Waals surface area contributed by atoms with Crippen LogP contribution in [0.25, 0.3) is 0 Å². The number of rotatable bonds is 18. The van der Waals surface area contributed by atoms with Gasteiger partial charge in [0.1, 0.15) is 12.2 Å². The molecule has 1 saturated heterocycles. The molecule has 0 aromatic carbocycles. The van der Waals surface area contributed by atoms with Crippen LogP contribution in [0.3, 0.4) is 0 Å². The maximum Gasteiger partial charge on any atom is 0.305 e. The molecule has 0 amide bonds. The molecule has 0 radical (unpaired) electrons. The lowest BCUT2D eigenvalue weighted by atomic mass is 10.1. The number of hydrogen-bond acceptors (Lipinski definition) is 6. The number of allylic oxidation sites excluding steroid dienone is 3. The van der Waals surface area contributed by atoms with E-state index in [4.69, 9.17) is 21.4 Å². The summed E-state index contributed by atoms with van der Waals surface area (Å²) in [6.07, 6.45) is 21.0. The maximum atomic E-state index is 11.2. The van der Waals surface area contributed by atoms with Gasteiger partial charge in [-0.05, 0) is 68.9 Å². The van der Waals surface area contributed by atoms with Crippen molar-refractivity contribution >= 4 is 31.7 Å². The van der Waals surface area contributed by atoms with E-state index in [0.717, 1.165) is 64.5 Å². The number of carbonyl (C=O) groups excluding carboxylic acids is 1. The summed E-state index contributed by atoms with van der Waals surface area (Å²) in [5.41, 5.74) is 0. The van der Waals surface area contributed by atoms with E-state index in [1.807, 2.05) is 6.08 Å². The van der Waals surface area contributed by atoms with Crippen LogP contribution in [0, 0.1) is 0 Å². The average molecular weight is 596 g/mol. The van der Waals surface area contributed by atoms with Gasteiger partial charge in [-0.3, -0.25) is 4.79 Å². The molecular weight excluding hydrogens is 539 g/mol. The standard InChI is InChI=1S/C32H57NO5SSi/c1-8-9-15-20-27(38-40(6,7)32(2,3)4)23-24-28(34)29(37-31(39)33-25-18-19-26-33)21-16-13-11-10-12-14-17-22-30(35)36-5/h10,12-13,16,23-24,27-29,34H,8-9,11,14-15,17-22,25-26H2,1-7H3/b12-10-,16-13-,24-23+/t27-,28+,29+/m0/s1. The van der Waals surface area contributed by atoms with Crippen molar-refractivity contribution in [2.45, 2.75) is 135 Å². The van der Waals surface area contributed by atoms with E-state index >= 15 is 0 Å². The molecule has 230 valence electrons. The summed E-state index contributed by atoms with van der Waals surface area (Å²) in [6, 6.07) is 0. The molecule has 1 N–H and O–H groups in total. The summed E-state index contributed by atoms with van der Waals surface area (Å²) in [5.74, 6) is -0.169. The molecule has 40 heavy (non-hydrogen) atoms. The molecule has 0 aromatic rings. The summed E-state index contributed by atoms with van der Waals surface area (Å²) in [7, 11) is -0.537. The number of unbranched alkanes of at least 4 members (excludes halogenated alkanes) is 3. The number of esters is 1. The number of aliphatic hydroxyl groups excluding tert-OH is 1. The second kappa shape index (κ2) is 19.6. The topological polar surface area (TPSA) is 68.2 Å². The van der Waals surface area contributed by atoms with Crippen LogP contribution in [0.15, 0.2) is 36.5 Å². The molecule has 0 aromatic heterocycles. The van der Waals surface area contributed by atoms with Crippen LogP contribution in [0.2, 0.25) is 18.1 Å². The first kappa shape index (κ1) is 36.5. The zero-order valence-electron chi connectivity index (χ0n) is 26.3. The smallest absolute Gasteiger partial charge is 0.305 e. The highest BCUT2D eigenvalue weighted by atomic mass is 32.1. The monoisotopic (exact) mass is 595 g/mol. The minimum Gasteiger partial charge on any atom is -0.469 e. The number of thiocarbonyl (C=S) groups is 1. The minimum atomic E-state index is -1.95. The van der Waals surface area contributed by atoms with Crippen LogP contribution < -0.4 is 0 Å². The van der Waals surface area contributed by atoms with Crippen molar-refractivity contribution in [2.75, 3.05) is 20.2 Å². The molecule has 3 atom stereocenters. The SMILES string of the molecule is CCCCC[C@@H](/C=C/[C@@H](O)[C@@H](C/C=C\C/C=C\CCCC(=O)OC)OC(=S)N1CCCC1)O[Si](C)(C)C(C)(C)C. The predicted molar refractivity (Wildman–Crippen MR) is 173 cm³/mol. The van der Waals surface area contributed by atoms with Gasteiger partial charge in [0.05, 0.1) is 13.2 Å². The first-order chi connectivity index (χ1) is 18.9. The Morgan fingerprint density at radius 3 is 2.35 bits per heavy atom. The lowest BCUT2D eigenvalue weighted by molar-refractivity contribution is -0.140. The highest BCUT2D eigenvalue weighted by molar-refractivity contribution is 7.80. The number of ether oxygens (including phenoxy) is 2. The average Bonchev–Trinajstić information content (AvgIpc) is 3.44. The van der Waals surface area contributed by atoms with Gasteiger partial charge in [-0.15, -0.1) is 0 Å². The quantitative estimate of drug-likeness (QED) is 0.0568. The molecule has 8 heteroatoms. The fourth-order valence-electron chi connectivity index (χ4n) is 4.15. The molecular formula is C32H57NO5SSi. The van der Waals surface area contributed by atoms with Crippen molar-refractivity contribution in [3.05, 3.63) is 36.5 Å². The molecule has 0 spiro atoms. The molecule has 0 aliphatic carbocycles. The Bertz CT molecular complexity index is 815. The molecule has 1 heterocycles. The number of methoxy groups -OCH3 is 1. The van der Waals surface area contributed by atoms with E-state index in [-0.39, 0.29) is 17.1 Å². The largest absolute Gasteiger partial charge is 0.469 e. The van der Waals surface area contributed by atoms with Crippen molar-refractivity contribution in [3.63, 3.8) is 0 Å². The molecule has 0 bridgehead atoms.